The normalized spacial score (nSPS) is 11.1. The van der Waals surface area contributed by atoms with Gasteiger partial charge in [-0.25, -0.2) is 9.55 Å². The number of hydrogen-bond donors (Lipinski definition) is 1. The van der Waals surface area contributed by atoms with Gasteiger partial charge in [-0.3, -0.25) is 0 Å². The molecule has 16 heavy (non-hydrogen) atoms. The monoisotopic (exact) mass is 217 g/mol. The molecule has 0 spiro atoms. The van der Waals surface area contributed by atoms with E-state index in [2.05, 4.69) is 41.7 Å². The number of aryl methyl sites for hydroxylation is 2. The minimum atomic E-state index is 1.19. The predicted octanol–water partition coefficient (Wildman–Crippen LogP) is 3.12. The Morgan fingerprint density at radius 3 is 2.88 bits per heavy atom. The molecule has 1 aromatic carbocycles. The van der Waals surface area contributed by atoms with E-state index >= 15 is 0 Å². The minimum Gasteiger partial charge on any atom is -0.243 e. The highest BCUT2D eigenvalue weighted by Crippen LogP contribution is 2.16. The zero-order valence-corrected chi connectivity index (χ0v) is 10.3. The lowest BCUT2D eigenvalue weighted by atomic mass is 10.0. The number of unbranched alkanes of at least 4 members (excludes halogenated alkanes) is 3. The van der Waals surface area contributed by atoms with E-state index in [0.717, 1.165) is 0 Å². The van der Waals surface area contributed by atoms with E-state index in [1.165, 1.54) is 48.7 Å². The van der Waals surface area contributed by atoms with Crippen LogP contribution in [-0.4, -0.2) is 4.98 Å². The fraction of sp³-hybridized carbons (Fsp3) is 0.500. The number of nitrogens with one attached hydrogen (secondary N) is 1. The van der Waals surface area contributed by atoms with Crippen molar-refractivity contribution < 1.29 is 4.57 Å². The van der Waals surface area contributed by atoms with Gasteiger partial charge < -0.3 is 0 Å². The van der Waals surface area contributed by atoms with Crippen LogP contribution in [0, 0.1) is 0 Å². The predicted molar refractivity (Wildman–Crippen MR) is 67.3 cm³/mol. The fourth-order valence-corrected chi connectivity index (χ4v) is 2.23. The van der Waals surface area contributed by atoms with Crippen LogP contribution in [0.5, 0.6) is 0 Å². The molecular weight excluding hydrogens is 196 g/mol. The number of para-hydroxylation sites is 1. The lowest BCUT2D eigenvalue weighted by Crippen LogP contribution is -2.24. The van der Waals surface area contributed by atoms with Gasteiger partial charge in [-0.1, -0.05) is 38.3 Å². The van der Waals surface area contributed by atoms with Crippen molar-refractivity contribution in [2.45, 2.75) is 39.0 Å². The van der Waals surface area contributed by atoms with Gasteiger partial charge in [-0.05, 0) is 18.9 Å². The molecule has 0 radical (unpaired) electrons. The van der Waals surface area contributed by atoms with Crippen molar-refractivity contribution in [1.29, 1.82) is 0 Å². The number of hydrogen-bond acceptors (Lipinski definition) is 0. The summed E-state index contributed by atoms with van der Waals surface area (Å²) in [5, 5.41) is 0. The van der Waals surface area contributed by atoms with E-state index in [1.54, 1.807) is 0 Å². The van der Waals surface area contributed by atoms with Crippen LogP contribution in [0.25, 0.3) is 11.0 Å². The first-order valence-corrected chi connectivity index (χ1v) is 6.27. The van der Waals surface area contributed by atoms with Gasteiger partial charge in [0.25, 0.3) is 0 Å². The van der Waals surface area contributed by atoms with Gasteiger partial charge in [0.1, 0.15) is 0 Å². The molecule has 0 bridgehead atoms. The van der Waals surface area contributed by atoms with Gasteiger partial charge >= 0.3 is 0 Å². The van der Waals surface area contributed by atoms with Gasteiger partial charge in [0, 0.05) is 5.56 Å². The third kappa shape index (κ3) is 2.26. The molecule has 2 heteroatoms. The maximum absolute atomic E-state index is 3.36. The van der Waals surface area contributed by atoms with E-state index in [-0.39, 0.29) is 0 Å². The number of fused-ring (bicyclic) bond motifs is 1. The van der Waals surface area contributed by atoms with Gasteiger partial charge in [-0.2, -0.15) is 0 Å². The Bertz CT molecular complexity index is 457. The second-order valence-electron chi connectivity index (χ2n) is 4.51. The Balaban J connectivity index is 2.11. The average molecular weight is 217 g/mol. The Kier molecular flexibility index (Phi) is 3.60. The van der Waals surface area contributed by atoms with Crippen LogP contribution in [0.15, 0.2) is 24.5 Å². The largest absolute Gasteiger partial charge is 0.243 e. The molecule has 0 saturated carbocycles. The number of aromatic nitrogens is 2. The summed E-state index contributed by atoms with van der Waals surface area (Å²) in [5.74, 6) is 0. The van der Waals surface area contributed by atoms with E-state index in [9.17, 15) is 0 Å². The fourth-order valence-electron chi connectivity index (χ4n) is 2.23. The van der Waals surface area contributed by atoms with E-state index < -0.39 is 0 Å². The highest BCUT2D eigenvalue weighted by molar-refractivity contribution is 5.75. The van der Waals surface area contributed by atoms with Crippen LogP contribution < -0.4 is 4.57 Å². The summed E-state index contributed by atoms with van der Waals surface area (Å²) < 4.78 is 2.14. The summed E-state index contributed by atoms with van der Waals surface area (Å²) in [6.07, 6.45) is 8.53. The Labute approximate surface area is 97.3 Å². The maximum Gasteiger partial charge on any atom is 0.242 e. The van der Waals surface area contributed by atoms with Crippen molar-refractivity contribution in [2.24, 2.45) is 7.05 Å². The quantitative estimate of drug-likeness (QED) is 0.586. The second kappa shape index (κ2) is 5.15. The van der Waals surface area contributed by atoms with E-state index in [0.29, 0.717) is 0 Å². The molecule has 0 aliphatic carbocycles. The molecule has 0 saturated heterocycles. The third-order valence-electron chi connectivity index (χ3n) is 3.21. The molecule has 0 amide bonds. The molecule has 0 unspecified atom stereocenters. The summed E-state index contributed by atoms with van der Waals surface area (Å²) in [5.41, 5.74) is 4.06. The molecule has 0 aliphatic heterocycles. The number of nitrogens with zero attached hydrogens (tertiary/aromatic N) is 1. The van der Waals surface area contributed by atoms with Gasteiger partial charge in [0.05, 0.1) is 7.05 Å². The number of aromatic amines is 1. The zero-order chi connectivity index (χ0) is 11.4. The molecule has 0 aliphatic rings. The van der Waals surface area contributed by atoms with Crippen LogP contribution in [-0.2, 0) is 13.5 Å². The maximum atomic E-state index is 3.36. The van der Waals surface area contributed by atoms with Crippen LogP contribution in [0.1, 0.15) is 38.2 Å². The summed E-state index contributed by atoms with van der Waals surface area (Å²) >= 11 is 0. The first-order chi connectivity index (χ1) is 7.83. The van der Waals surface area contributed by atoms with Crippen molar-refractivity contribution in [3.8, 4) is 0 Å². The smallest absolute Gasteiger partial charge is 0.242 e. The van der Waals surface area contributed by atoms with Crippen LogP contribution in [0.4, 0.5) is 0 Å². The molecule has 2 aromatic rings. The van der Waals surface area contributed by atoms with E-state index in [1.807, 2.05) is 6.33 Å². The molecule has 1 heterocycles. The van der Waals surface area contributed by atoms with Gasteiger partial charge in [-0.15, -0.1) is 0 Å². The SMILES string of the molecule is CCCCCCc1cccc2c1[nH]c[n+]2C. The van der Waals surface area contributed by atoms with Crippen molar-refractivity contribution in [3.05, 3.63) is 30.1 Å². The summed E-state index contributed by atoms with van der Waals surface area (Å²) in [6, 6.07) is 6.57. The molecule has 1 N–H and O–H groups in total. The number of imidazole rings is 1. The summed E-state index contributed by atoms with van der Waals surface area (Å²) in [7, 11) is 2.08. The molecule has 1 aromatic heterocycles. The lowest BCUT2D eigenvalue weighted by Gasteiger charge is -2.00. The van der Waals surface area contributed by atoms with Crippen molar-refractivity contribution >= 4 is 11.0 Å². The molecule has 2 nitrogen and oxygen atoms in total. The minimum absolute atomic E-state index is 1.19. The average Bonchev–Trinajstić information content (AvgIpc) is 2.68. The van der Waals surface area contributed by atoms with Crippen molar-refractivity contribution in [1.82, 2.24) is 4.98 Å². The molecule has 0 atom stereocenters. The highest BCUT2D eigenvalue weighted by Gasteiger charge is 2.09. The summed E-state index contributed by atoms with van der Waals surface area (Å²) in [4.78, 5) is 3.36. The summed E-state index contributed by atoms with van der Waals surface area (Å²) in [6.45, 7) is 2.26. The molecule has 2 rings (SSSR count). The van der Waals surface area contributed by atoms with Crippen LogP contribution >= 0.6 is 0 Å². The van der Waals surface area contributed by atoms with Crippen molar-refractivity contribution in [3.63, 3.8) is 0 Å². The highest BCUT2D eigenvalue weighted by atomic mass is 15.0. The second-order valence-corrected chi connectivity index (χ2v) is 4.51. The molecular formula is C14H21N2+. The first kappa shape index (κ1) is 11.2. The van der Waals surface area contributed by atoms with Crippen LogP contribution in [0.2, 0.25) is 0 Å². The first-order valence-electron chi connectivity index (χ1n) is 6.27. The van der Waals surface area contributed by atoms with E-state index in [4.69, 9.17) is 0 Å². The third-order valence-corrected chi connectivity index (χ3v) is 3.21. The topological polar surface area (TPSA) is 19.7 Å². The lowest BCUT2D eigenvalue weighted by molar-refractivity contribution is -0.644. The Hall–Kier alpha value is -1.31. The number of rotatable bonds is 5. The molecule has 0 fully saturated rings. The van der Waals surface area contributed by atoms with Gasteiger partial charge in [0.15, 0.2) is 11.0 Å². The Morgan fingerprint density at radius 2 is 2.06 bits per heavy atom. The molecule has 86 valence electrons. The van der Waals surface area contributed by atoms with Gasteiger partial charge in [0.2, 0.25) is 6.33 Å². The standard InChI is InChI=1S/C14H20N2/c1-3-4-5-6-8-12-9-7-10-13-14(12)15-11-16(13)2/h7,9-11H,3-6,8H2,1-2H3/p+1. The van der Waals surface area contributed by atoms with Crippen molar-refractivity contribution in [2.75, 3.05) is 0 Å². The Morgan fingerprint density at radius 1 is 1.19 bits per heavy atom. The number of benzene rings is 1. The number of H-pyrrole nitrogens is 1. The zero-order valence-electron chi connectivity index (χ0n) is 10.3. The van der Waals surface area contributed by atoms with Crippen LogP contribution in [0.3, 0.4) is 0 Å².